The summed E-state index contributed by atoms with van der Waals surface area (Å²) in [4.78, 5) is 27.8. The Morgan fingerprint density at radius 2 is 1.70 bits per heavy atom. The van der Waals surface area contributed by atoms with Crippen molar-refractivity contribution in [2.24, 2.45) is 0 Å². The SMILES string of the molecule is CCN(CC(=O)O)C1CCN(CC(=O)Nc2ccccc2-c2ccccc2)CC1.Cl. The Bertz CT molecular complexity index is 823. The van der Waals surface area contributed by atoms with E-state index in [1.807, 2.05) is 66.4 Å². The molecule has 3 rings (SSSR count). The monoisotopic (exact) mass is 431 g/mol. The normalized spacial score (nSPS) is 14.9. The molecule has 0 bridgehead atoms. The third-order valence-corrected chi connectivity index (χ3v) is 5.47. The first-order valence-electron chi connectivity index (χ1n) is 10.2. The summed E-state index contributed by atoms with van der Waals surface area (Å²) in [6, 6.07) is 18.1. The Hall–Kier alpha value is -2.41. The van der Waals surface area contributed by atoms with Gasteiger partial charge >= 0.3 is 5.97 Å². The molecule has 0 saturated carbocycles. The standard InChI is InChI=1S/C23H29N3O3.ClH/c1-2-26(17-23(28)29)19-12-14-25(15-13-19)16-22(27)24-21-11-7-6-10-20(21)18-8-4-3-5-9-18;/h3-11,19H,2,12-17H2,1H3,(H,24,27)(H,28,29);1H. The highest BCUT2D eigenvalue weighted by molar-refractivity contribution is 5.96. The van der Waals surface area contributed by atoms with E-state index >= 15 is 0 Å². The third kappa shape index (κ3) is 6.55. The number of piperidine rings is 1. The number of likely N-dealkylation sites (tertiary alicyclic amines) is 1. The molecule has 0 radical (unpaired) electrons. The minimum absolute atomic E-state index is 0. The highest BCUT2D eigenvalue weighted by atomic mass is 35.5. The molecule has 1 aliphatic heterocycles. The number of amides is 1. The van der Waals surface area contributed by atoms with Gasteiger partial charge in [-0.2, -0.15) is 0 Å². The van der Waals surface area contributed by atoms with Crippen molar-refractivity contribution >= 4 is 30.0 Å². The molecule has 2 aromatic carbocycles. The maximum Gasteiger partial charge on any atom is 0.317 e. The van der Waals surface area contributed by atoms with Crippen molar-refractivity contribution in [2.45, 2.75) is 25.8 Å². The van der Waals surface area contributed by atoms with Gasteiger partial charge in [0.2, 0.25) is 5.91 Å². The second-order valence-electron chi connectivity index (χ2n) is 7.42. The number of carboxylic acid groups (broad SMARTS) is 1. The van der Waals surface area contributed by atoms with Crippen molar-refractivity contribution < 1.29 is 14.7 Å². The van der Waals surface area contributed by atoms with Crippen molar-refractivity contribution in [3.8, 4) is 11.1 Å². The second kappa shape index (κ2) is 11.7. The van der Waals surface area contributed by atoms with Crippen LogP contribution >= 0.6 is 12.4 Å². The Kier molecular flexibility index (Phi) is 9.30. The molecule has 0 atom stereocenters. The summed E-state index contributed by atoms with van der Waals surface area (Å²) >= 11 is 0. The molecule has 0 unspecified atom stereocenters. The fraction of sp³-hybridized carbons (Fsp3) is 0.391. The number of carboxylic acids is 1. The fourth-order valence-electron chi connectivity index (χ4n) is 3.97. The van der Waals surface area contributed by atoms with Crippen molar-refractivity contribution in [2.75, 3.05) is 38.0 Å². The van der Waals surface area contributed by atoms with Crippen LogP contribution in [0.5, 0.6) is 0 Å². The molecule has 1 fully saturated rings. The van der Waals surface area contributed by atoms with Crippen LogP contribution in [0.3, 0.4) is 0 Å². The molecule has 1 saturated heterocycles. The molecule has 1 aliphatic rings. The number of anilines is 1. The zero-order valence-electron chi connectivity index (χ0n) is 17.3. The summed E-state index contributed by atoms with van der Waals surface area (Å²) in [5, 5.41) is 12.1. The van der Waals surface area contributed by atoms with E-state index in [-0.39, 0.29) is 30.9 Å². The minimum Gasteiger partial charge on any atom is -0.480 e. The predicted octanol–water partition coefficient (Wildman–Crippen LogP) is 3.58. The van der Waals surface area contributed by atoms with Gasteiger partial charge < -0.3 is 10.4 Å². The number of hydrogen-bond acceptors (Lipinski definition) is 4. The van der Waals surface area contributed by atoms with Gasteiger partial charge in [0, 0.05) is 30.4 Å². The quantitative estimate of drug-likeness (QED) is 0.668. The molecule has 2 N–H and O–H groups in total. The van der Waals surface area contributed by atoms with Crippen molar-refractivity contribution in [1.82, 2.24) is 9.80 Å². The lowest BCUT2D eigenvalue weighted by Gasteiger charge is -2.37. The molecule has 6 nitrogen and oxygen atoms in total. The predicted molar refractivity (Wildman–Crippen MR) is 122 cm³/mol. The van der Waals surface area contributed by atoms with E-state index in [4.69, 9.17) is 5.11 Å². The van der Waals surface area contributed by atoms with Gasteiger partial charge in [-0.15, -0.1) is 12.4 Å². The smallest absolute Gasteiger partial charge is 0.317 e. The lowest BCUT2D eigenvalue weighted by molar-refractivity contribution is -0.139. The van der Waals surface area contributed by atoms with E-state index in [9.17, 15) is 9.59 Å². The van der Waals surface area contributed by atoms with E-state index in [2.05, 4.69) is 10.2 Å². The van der Waals surface area contributed by atoms with Crippen LogP contribution in [-0.2, 0) is 9.59 Å². The first-order chi connectivity index (χ1) is 14.1. The number of likely N-dealkylation sites (N-methyl/N-ethyl adjacent to an activating group) is 1. The van der Waals surface area contributed by atoms with E-state index in [0.29, 0.717) is 6.54 Å². The molecular formula is C23H30ClN3O3. The summed E-state index contributed by atoms with van der Waals surface area (Å²) in [6.07, 6.45) is 1.77. The number of rotatable bonds is 8. The van der Waals surface area contributed by atoms with Crippen LogP contribution in [-0.4, -0.2) is 65.5 Å². The van der Waals surface area contributed by atoms with Crippen LogP contribution in [0.15, 0.2) is 54.6 Å². The summed E-state index contributed by atoms with van der Waals surface area (Å²) in [7, 11) is 0. The summed E-state index contributed by atoms with van der Waals surface area (Å²) in [5.41, 5.74) is 2.90. The average molecular weight is 432 g/mol. The topological polar surface area (TPSA) is 72.9 Å². The Morgan fingerprint density at radius 3 is 2.33 bits per heavy atom. The van der Waals surface area contributed by atoms with E-state index in [1.54, 1.807) is 0 Å². The maximum absolute atomic E-state index is 12.6. The lowest BCUT2D eigenvalue weighted by atomic mass is 10.0. The molecule has 2 aromatic rings. The third-order valence-electron chi connectivity index (χ3n) is 5.47. The van der Waals surface area contributed by atoms with Crippen LogP contribution < -0.4 is 5.32 Å². The number of carbonyl (C=O) groups excluding carboxylic acids is 1. The largest absolute Gasteiger partial charge is 0.480 e. The zero-order valence-corrected chi connectivity index (χ0v) is 18.1. The Balaban J connectivity index is 0.00000320. The van der Waals surface area contributed by atoms with E-state index in [0.717, 1.165) is 49.3 Å². The number of para-hydroxylation sites is 1. The van der Waals surface area contributed by atoms with Gasteiger partial charge in [0.25, 0.3) is 0 Å². The number of benzene rings is 2. The van der Waals surface area contributed by atoms with Gasteiger partial charge in [-0.25, -0.2) is 0 Å². The van der Waals surface area contributed by atoms with Gasteiger partial charge in [-0.05, 0) is 31.0 Å². The molecule has 0 aliphatic carbocycles. The van der Waals surface area contributed by atoms with E-state index < -0.39 is 5.97 Å². The van der Waals surface area contributed by atoms with Gasteiger partial charge in [0.15, 0.2) is 0 Å². The van der Waals surface area contributed by atoms with Gasteiger partial charge in [-0.1, -0.05) is 55.5 Å². The molecule has 1 heterocycles. The number of halogens is 1. The van der Waals surface area contributed by atoms with Crippen molar-refractivity contribution in [3.63, 3.8) is 0 Å². The van der Waals surface area contributed by atoms with Gasteiger partial charge in [0.05, 0.1) is 13.1 Å². The zero-order chi connectivity index (χ0) is 20.6. The molecule has 162 valence electrons. The number of aliphatic carboxylic acids is 1. The van der Waals surface area contributed by atoms with Crippen molar-refractivity contribution in [1.29, 1.82) is 0 Å². The van der Waals surface area contributed by atoms with Gasteiger partial charge in [0.1, 0.15) is 0 Å². The van der Waals surface area contributed by atoms with Crippen LogP contribution in [0.1, 0.15) is 19.8 Å². The van der Waals surface area contributed by atoms with Crippen LogP contribution in [0.4, 0.5) is 5.69 Å². The molecule has 7 heteroatoms. The lowest BCUT2D eigenvalue weighted by Crippen LogP contribution is -2.48. The second-order valence-corrected chi connectivity index (χ2v) is 7.42. The molecule has 30 heavy (non-hydrogen) atoms. The minimum atomic E-state index is -0.786. The van der Waals surface area contributed by atoms with Crippen LogP contribution in [0, 0.1) is 0 Å². The van der Waals surface area contributed by atoms with Crippen LogP contribution in [0.25, 0.3) is 11.1 Å². The van der Waals surface area contributed by atoms with E-state index in [1.165, 1.54) is 0 Å². The number of hydrogen-bond donors (Lipinski definition) is 2. The average Bonchev–Trinajstić information content (AvgIpc) is 2.73. The molecule has 0 aromatic heterocycles. The van der Waals surface area contributed by atoms with Crippen molar-refractivity contribution in [3.05, 3.63) is 54.6 Å². The maximum atomic E-state index is 12.6. The first kappa shape index (κ1) is 23.9. The molecular weight excluding hydrogens is 402 g/mol. The summed E-state index contributed by atoms with van der Waals surface area (Å²) in [5.74, 6) is -0.810. The Morgan fingerprint density at radius 1 is 1.07 bits per heavy atom. The summed E-state index contributed by atoms with van der Waals surface area (Å²) in [6.45, 7) is 4.75. The number of nitrogens with zero attached hydrogens (tertiary/aromatic N) is 2. The molecule has 0 spiro atoms. The number of carbonyl (C=O) groups is 2. The highest BCUT2D eigenvalue weighted by Gasteiger charge is 2.26. The first-order valence-corrected chi connectivity index (χ1v) is 10.2. The molecule has 1 amide bonds. The van der Waals surface area contributed by atoms with Crippen LogP contribution in [0.2, 0.25) is 0 Å². The summed E-state index contributed by atoms with van der Waals surface area (Å²) < 4.78 is 0. The number of nitrogens with one attached hydrogen (secondary N) is 1. The highest BCUT2D eigenvalue weighted by Crippen LogP contribution is 2.27. The Labute approximate surface area is 184 Å². The van der Waals surface area contributed by atoms with Gasteiger partial charge in [-0.3, -0.25) is 19.4 Å². The fourth-order valence-corrected chi connectivity index (χ4v) is 3.97.